The summed E-state index contributed by atoms with van der Waals surface area (Å²) >= 11 is 0. The maximum atomic E-state index is 10.7. The van der Waals surface area contributed by atoms with Crippen LogP contribution in [0.4, 0.5) is 5.69 Å². The second-order valence-corrected chi connectivity index (χ2v) is 4.41. The van der Waals surface area contributed by atoms with Crippen LogP contribution in [0.1, 0.15) is 17.3 Å². The molecule has 0 saturated carbocycles. The van der Waals surface area contributed by atoms with E-state index in [0.717, 1.165) is 0 Å². The fourth-order valence-corrected chi connectivity index (χ4v) is 0.758. The van der Waals surface area contributed by atoms with E-state index < -0.39 is 10.8 Å². The summed E-state index contributed by atoms with van der Waals surface area (Å²) in [4.78, 5) is 10.7. The number of nitrogen functional groups attached to an aromatic ring is 1. The van der Waals surface area contributed by atoms with Crippen molar-refractivity contribution in [3.05, 3.63) is 29.8 Å². The Morgan fingerprint density at radius 1 is 1.36 bits per heavy atom. The van der Waals surface area contributed by atoms with E-state index in [0.29, 0.717) is 11.3 Å². The molecular formula is C10H15NO2S. The van der Waals surface area contributed by atoms with Crippen LogP contribution < -0.4 is 5.73 Å². The zero-order chi connectivity index (χ0) is 11.1. The fourth-order valence-electron chi connectivity index (χ4n) is 0.758. The van der Waals surface area contributed by atoms with Gasteiger partial charge in [0.05, 0.1) is 0 Å². The molecule has 14 heavy (non-hydrogen) atoms. The smallest absolute Gasteiger partial charge is 0.159 e. The third kappa shape index (κ3) is 6.37. The number of carbonyl (C=O) groups excluding carboxylic acids is 1. The minimum absolute atomic E-state index is 0.0484. The van der Waals surface area contributed by atoms with Gasteiger partial charge in [0.15, 0.2) is 5.78 Å². The maximum absolute atomic E-state index is 10.7. The number of Topliss-reactive ketones (excluding diaryl/α,β-unsaturated/α-hetero) is 1. The minimum atomic E-state index is -0.611. The van der Waals surface area contributed by atoms with Crippen LogP contribution in [0.3, 0.4) is 0 Å². The lowest BCUT2D eigenvalue weighted by Crippen LogP contribution is -1.93. The highest BCUT2D eigenvalue weighted by atomic mass is 32.2. The standard InChI is InChI=1S/C8H9NO.C2H6OS/c1-6(10)7-3-2-4-8(9)5-7;1-4(2)3/h2-5H,9H2,1H3;1-2H3. The summed E-state index contributed by atoms with van der Waals surface area (Å²) in [5.41, 5.74) is 6.74. The molecule has 0 fully saturated rings. The van der Waals surface area contributed by atoms with Crippen LogP contribution in [0, 0.1) is 0 Å². The first-order valence-electron chi connectivity index (χ1n) is 4.05. The summed E-state index contributed by atoms with van der Waals surface area (Å²) in [5.74, 6) is 0.0484. The predicted octanol–water partition coefficient (Wildman–Crippen LogP) is 1.47. The first kappa shape index (κ1) is 12.8. The molecule has 0 unspecified atom stereocenters. The summed E-state index contributed by atoms with van der Waals surface area (Å²) in [6.07, 6.45) is 3.28. The maximum Gasteiger partial charge on any atom is 0.159 e. The molecule has 0 spiro atoms. The minimum Gasteiger partial charge on any atom is -0.399 e. The third-order valence-electron chi connectivity index (χ3n) is 1.29. The van der Waals surface area contributed by atoms with Gasteiger partial charge in [-0.1, -0.05) is 12.1 Å². The van der Waals surface area contributed by atoms with Crippen molar-refractivity contribution >= 4 is 22.3 Å². The Bertz CT molecular complexity index is 333. The Kier molecular flexibility index (Phi) is 5.79. The molecule has 2 N–H and O–H groups in total. The first-order valence-corrected chi connectivity index (χ1v) is 6.01. The van der Waals surface area contributed by atoms with Gasteiger partial charge in [0.1, 0.15) is 0 Å². The summed E-state index contributed by atoms with van der Waals surface area (Å²) in [6.45, 7) is 1.52. The highest BCUT2D eigenvalue weighted by molar-refractivity contribution is 7.83. The number of ketones is 1. The summed E-state index contributed by atoms with van der Waals surface area (Å²) in [5, 5.41) is 0. The lowest BCUT2D eigenvalue weighted by molar-refractivity contribution is 0.101. The Balaban J connectivity index is 0.000000364. The van der Waals surface area contributed by atoms with Crippen LogP contribution in [0.15, 0.2) is 24.3 Å². The molecule has 0 saturated heterocycles. The van der Waals surface area contributed by atoms with Crippen LogP contribution in [0.2, 0.25) is 0 Å². The lowest BCUT2D eigenvalue weighted by atomic mass is 10.1. The van der Waals surface area contributed by atoms with Gasteiger partial charge >= 0.3 is 0 Å². The van der Waals surface area contributed by atoms with E-state index >= 15 is 0 Å². The number of nitrogens with two attached hydrogens (primary N) is 1. The van der Waals surface area contributed by atoms with E-state index in [1.165, 1.54) is 6.92 Å². The van der Waals surface area contributed by atoms with Gasteiger partial charge in [-0.15, -0.1) is 0 Å². The van der Waals surface area contributed by atoms with Crippen LogP contribution in [-0.4, -0.2) is 22.5 Å². The molecule has 0 heterocycles. The molecule has 1 rings (SSSR count). The van der Waals surface area contributed by atoms with E-state index in [2.05, 4.69) is 0 Å². The van der Waals surface area contributed by atoms with Crippen LogP contribution in [0.5, 0.6) is 0 Å². The largest absolute Gasteiger partial charge is 0.399 e. The van der Waals surface area contributed by atoms with Crippen molar-refractivity contribution in [1.82, 2.24) is 0 Å². The Hall–Kier alpha value is -1.16. The molecule has 0 atom stereocenters. The quantitative estimate of drug-likeness (QED) is 0.567. The van der Waals surface area contributed by atoms with Gasteiger partial charge in [0.2, 0.25) is 0 Å². The number of rotatable bonds is 1. The molecule has 78 valence electrons. The predicted molar refractivity (Wildman–Crippen MR) is 60.8 cm³/mol. The van der Waals surface area contributed by atoms with E-state index in [-0.39, 0.29) is 5.78 Å². The fraction of sp³-hybridized carbons (Fsp3) is 0.300. The van der Waals surface area contributed by atoms with Gasteiger partial charge in [0.25, 0.3) is 0 Å². The number of hydrogen-bond donors (Lipinski definition) is 1. The average Bonchev–Trinajstić information content (AvgIpc) is 2.03. The molecule has 0 aliphatic carbocycles. The second kappa shape index (κ2) is 6.32. The SMILES string of the molecule is CC(=O)c1cccc(N)c1.CS(C)=O. The molecule has 3 nitrogen and oxygen atoms in total. The monoisotopic (exact) mass is 213 g/mol. The zero-order valence-electron chi connectivity index (χ0n) is 8.61. The topological polar surface area (TPSA) is 60.2 Å². The number of anilines is 1. The molecule has 0 aromatic heterocycles. The molecule has 0 amide bonds. The van der Waals surface area contributed by atoms with Crippen molar-refractivity contribution in [3.8, 4) is 0 Å². The summed E-state index contributed by atoms with van der Waals surface area (Å²) < 4.78 is 9.56. The van der Waals surface area contributed by atoms with Gasteiger partial charge in [-0.2, -0.15) is 0 Å². The van der Waals surface area contributed by atoms with Crippen molar-refractivity contribution in [2.24, 2.45) is 0 Å². The van der Waals surface area contributed by atoms with E-state index in [4.69, 9.17) is 5.73 Å². The molecule has 0 radical (unpaired) electrons. The summed E-state index contributed by atoms with van der Waals surface area (Å²) in [6, 6.07) is 6.94. The van der Waals surface area contributed by atoms with Crippen molar-refractivity contribution < 1.29 is 9.00 Å². The molecule has 4 heteroatoms. The molecule has 0 bridgehead atoms. The van der Waals surface area contributed by atoms with Gasteiger partial charge in [-0.05, 0) is 19.1 Å². The van der Waals surface area contributed by atoms with Gasteiger partial charge in [0, 0.05) is 34.6 Å². The first-order chi connectivity index (χ1) is 6.43. The number of carbonyl (C=O) groups is 1. The highest BCUT2D eigenvalue weighted by Crippen LogP contribution is 2.06. The Morgan fingerprint density at radius 2 is 1.86 bits per heavy atom. The van der Waals surface area contributed by atoms with Crippen LogP contribution in [-0.2, 0) is 10.8 Å². The summed E-state index contributed by atoms with van der Waals surface area (Å²) in [7, 11) is -0.611. The second-order valence-electron chi connectivity index (χ2n) is 2.92. The Labute approximate surface area is 86.8 Å². The van der Waals surface area contributed by atoms with Crippen LogP contribution in [0.25, 0.3) is 0 Å². The van der Waals surface area contributed by atoms with Crippen molar-refractivity contribution in [2.45, 2.75) is 6.92 Å². The van der Waals surface area contributed by atoms with E-state index in [1.54, 1.807) is 36.8 Å². The third-order valence-corrected chi connectivity index (χ3v) is 1.29. The molecule has 0 aliphatic heterocycles. The average molecular weight is 213 g/mol. The molecular weight excluding hydrogens is 198 g/mol. The normalized spacial score (nSPS) is 9.14. The van der Waals surface area contributed by atoms with Crippen LogP contribution >= 0.6 is 0 Å². The number of benzene rings is 1. The van der Waals surface area contributed by atoms with Gasteiger partial charge in [-0.3, -0.25) is 9.00 Å². The van der Waals surface area contributed by atoms with Gasteiger partial charge in [-0.25, -0.2) is 0 Å². The lowest BCUT2D eigenvalue weighted by Gasteiger charge is -1.94. The van der Waals surface area contributed by atoms with Crippen molar-refractivity contribution in [3.63, 3.8) is 0 Å². The highest BCUT2D eigenvalue weighted by Gasteiger charge is 1.96. The van der Waals surface area contributed by atoms with Crippen molar-refractivity contribution in [1.29, 1.82) is 0 Å². The number of hydrogen-bond acceptors (Lipinski definition) is 3. The van der Waals surface area contributed by atoms with Gasteiger partial charge < -0.3 is 5.73 Å². The molecule has 1 aromatic rings. The zero-order valence-corrected chi connectivity index (χ0v) is 9.43. The Morgan fingerprint density at radius 3 is 2.14 bits per heavy atom. The molecule has 0 aliphatic rings. The molecule has 1 aromatic carbocycles. The van der Waals surface area contributed by atoms with E-state index in [1.807, 2.05) is 0 Å². The van der Waals surface area contributed by atoms with Crippen molar-refractivity contribution in [2.75, 3.05) is 18.2 Å². The van der Waals surface area contributed by atoms with E-state index in [9.17, 15) is 9.00 Å².